The fourth-order valence-electron chi connectivity index (χ4n) is 2.88. The molecule has 0 spiro atoms. The molecule has 1 saturated heterocycles. The molecular weight excluding hydrogens is 327 g/mol. The number of aromatic nitrogens is 3. The summed E-state index contributed by atoms with van der Waals surface area (Å²) in [5.74, 6) is 1.47. The first-order valence-corrected chi connectivity index (χ1v) is 9.31. The first-order chi connectivity index (χ1) is 11.8. The largest absolute Gasteiger partial charge is 0.384 e. The third kappa shape index (κ3) is 4.34. The van der Waals surface area contributed by atoms with E-state index in [1.165, 1.54) is 31.4 Å². The summed E-state index contributed by atoms with van der Waals surface area (Å²) >= 11 is 1.61. The van der Waals surface area contributed by atoms with Crippen LogP contribution in [0.4, 0.5) is 4.39 Å². The fourth-order valence-corrected chi connectivity index (χ4v) is 3.75. The van der Waals surface area contributed by atoms with Crippen LogP contribution in [0.5, 0.6) is 0 Å². The molecule has 1 aromatic heterocycles. The molecule has 0 saturated carbocycles. The van der Waals surface area contributed by atoms with E-state index in [0.29, 0.717) is 6.61 Å². The third-order valence-electron chi connectivity index (χ3n) is 4.12. The van der Waals surface area contributed by atoms with Gasteiger partial charge >= 0.3 is 0 Å². The van der Waals surface area contributed by atoms with Crippen LogP contribution in [0, 0.1) is 5.82 Å². The van der Waals surface area contributed by atoms with Crippen LogP contribution >= 0.6 is 11.8 Å². The van der Waals surface area contributed by atoms with Gasteiger partial charge in [0.15, 0.2) is 11.0 Å². The van der Waals surface area contributed by atoms with Crippen LogP contribution < -0.4 is 0 Å². The Bertz CT molecular complexity index is 641. The Hall–Kier alpha value is -1.44. The van der Waals surface area contributed by atoms with Gasteiger partial charge in [0.05, 0.1) is 13.2 Å². The molecule has 0 unspecified atom stereocenters. The third-order valence-corrected chi connectivity index (χ3v) is 5.01. The van der Waals surface area contributed by atoms with Crippen molar-refractivity contribution in [3.63, 3.8) is 0 Å². The predicted octanol–water partition coefficient (Wildman–Crippen LogP) is 3.13. The van der Waals surface area contributed by atoms with Crippen molar-refractivity contribution >= 4 is 11.8 Å². The van der Waals surface area contributed by atoms with Gasteiger partial charge in [0.1, 0.15) is 5.82 Å². The van der Waals surface area contributed by atoms with Gasteiger partial charge in [0.2, 0.25) is 0 Å². The maximum Gasteiger partial charge on any atom is 0.195 e. The topological polar surface area (TPSA) is 43.2 Å². The van der Waals surface area contributed by atoms with Gasteiger partial charge in [-0.15, -0.1) is 10.2 Å². The summed E-state index contributed by atoms with van der Waals surface area (Å²) in [7, 11) is 1.69. The van der Waals surface area contributed by atoms with Gasteiger partial charge in [-0.3, -0.25) is 9.47 Å². The number of thioether (sulfide) groups is 1. The van der Waals surface area contributed by atoms with Gasteiger partial charge in [-0.25, -0.2) is 4.39 Å². The molecule has 1 aromatic carbocycles. The van der Waals surface area contributed by atoms with Crippen molar-refractivity contribution in [1.29, 1.82) is 0 Å². The Kier molecular flexibility index (Phi) is 6.23. The van der Waals surface area contributed by atoms with Crippen molar-refractivity contribution in [1.82, 2.24) is 19.7 Å². The van der Waals surface area contributed by atoms with Crippen LogP contribution in [-0.4, -0.2) is 52.2 Å². The van der Waals surface area contributed by atoms with Crippen LogP contribution in [-0.2, 0) is 11.3 Å². The average molecular weight is 350 g/mol. The van der Waals surface area contributed by atoms with Gasteiger partial charge in [-0.1, -0.05) is 18.2 Å². The van der Waals surface area contributed by atoms with E-state index in [1.54, 1.807) is 31.0 Å². The van der Waals surface area contributed by atoms with Crippen molar-refractivity contribution in [2.24, 2.45) is 0 Å². The summed E-state index contributed by atoms with van der Waals surface area (Å²) in [6.45, 7) is 3.63. The highest BCUT2D eigenvalue weighted by molar-refractivity contribution is 7.99. The zero-order valence-corrected chi connectivity index (χ0v) is 14.8. The quantitative estimate of drug-likeness (QED) is 0.567. The number of hydrogen-bond donors (Lipinski definition) is 0. The lowest BCUT2D eigenvalue weighted by atomic mass is 10.1. The Morgan fingerprint density at radius 1 is 1.12 bits per heavy atom. The Morgan fingerprint density at radius 3 is 2.58 bits per heavy atom. The normalized spacial score (nSPS) is 15.8. The molecule has 2 aromatic rings. The van der Waals surface area contributed by atoms with Gasteiger partial charge in [0, 0.05) is 18.6 Å². The SMILES string of the molecule is COCCSc1nnc(CN2CCCCC2)n1-c1ccc(F)cc1. The molecule has 1 aliphatic heterocycles. The van der Waals surface area contributed by atoms with E-state index >= 15 is 0 Å². The molecule has 7 heteroatoms. The van der Waals surface area contributed by atoms with E-state index in [-0.39, 0.29) is 5.82 Å². The number of piperidine rings is 1. The Balaban J connectivity index is 1.85. The van der Waals surface area contributed by atoms with E-state index in [2.05, 4.69) is 15.1 Å². The molecule has 0 radical (unpaired) electrons. The monoisotopic (exact) mass is 350 g/mol. The average Bonchev–Trinajstić information content (AvgIpc) is 2.99. The smallest absolute Gasteiger partial charge is 0.195 e. The Labute approximate surface area is 146 Å². The highest BCUT2D eigenvalue weighted by atomic mass is 32.2. The summed E-state index contributed by atoms with van der Waals surface area (Å²) < 4.78 is 20.4. The van der Waals surface area contributed by atoms with Gasteiger partial charge in [-0.05, 0) is 50.2 Å². The maximum absolute atomic E-state index is 13.3. The molecule has 1 fully saturated rings. The number of hydrogen-bond acceptors (Lipinski definition) is 5. The number of halogens is 1. The summed E-state index contributed by atoms with van der Waals surface area (Å²) in [6, 6.07) is 6.50. The minimum absolute atomic E-state index is 0.238. The molecule has 0 amide bonds. The zero-order valence-electron chi connectivity index (χ0n) is 13.9. The first-order valence-electron chi connectivity index (χ1n) is 8.32. The molecule has 3 rings (SSSR count). The second-order valence-corrected chi connectivity index (χ2v) is 6.95. The number of ether oxygens (including phenoxy) is 1. The van der Waals surface area contributed by atoms with Gasteiger partial charge < -0.3 is 4.74 Å². The molecular formula is C17H23FN4OS. The summed E-state index contributed by atoms with van der Waals surface area (Å²) in [5, 5.41) is 9.58. The molecule has 1 aliphatic rings. The minimum Gasteiger partial charge on any atom is -0.384 e. The molecule has 5 nitrogen and oxygen atoms in total. The summed E-state index contributed by atoms with van der Waals surface area (Å²) in [6.07, 6.45) is 3.78. The van der Waals surface area contributed by atoms with Crippen LogP contribution in [0.25, 0.3) is 5.69 Å². The number of nitrogens with zero attached hydrogens (tertiary/aromatic N) is 4. The van der Waals surface area contributed by atoms with E-state index in [9.17, 15) is 4.39 Å². The van der Waals surface area contributed by atoms with Crippen LogP contribution in [0.15, 0.2) is 29.4 Å². The van der Waals surface area contributed by atoms with E-state index in [1.807, 2.05) is 4.57 Å². The van der Waals surface area contributed by atoms with E-state index in [4.69, 9.17) is 4.74 Å². The van der Waals surface area contributed by atoms with Crippen molar-refractivity contribution in [2.45, 2.75) is 31.0 Å². The second kappa shape index (κ2) is 8.60. The minimum atomic E-state index is -0.238. The van der Waals surface area contributed by atoms with Crippen molar-refractivity contribution < 1.29 is 9.13 Å². The van der Waals surface area contributed by atoms with Crippen molar-refractivity contribution in [2.75, 3.05) is 32.6 Å². The van der Waals surface area contributed by atoms with Crippen molar-refractivity contribution in [3.05, 3.63) is 35.9 Å². The Morgan fingerprint density at radius 2 is 1.88 bits per heavy atom. The summed E-state index contributed by atoms with van der Waals surface area (Å²) in [4.78, 5) is 2.41. The number of likely N-dealkylation sites (tertiary alicyclic amines) is 1. The number of rotatable bonds is 7. The lowest BCUT2D eigenvalue weighted by molar-refractivity contribution is 0.214. The standard InChI is InChI=1S/C17H23FN4OS/c1-23-11-12-24-17-20-19-16(13-21-9-3-2-4-10-21)22(17)15-7-5-14(18)6-8-15/h5-8H,2-4,9-13H2,1H3. The van der Waals surface area contributed by atoms with Crippen LogP contribution in [0.3, 0.4) is 0 Å². The van der Waals surface area contributed by atoms with Gasteiger partial charge in [-0.2, -0.15) is 0 Å². The van der Waals surface area contributed by atoms with E-state index < -0.39 is 0 Å². The molecule has 0 aliphatic carbocycles. The molecule has 130 valence electrons. The van der Waals surface area contributed by atoms with E-state index in [0.717, 1.165) is 42.1 Å². The number of benzene rings is 1. The van der Waals surface area contributed by atoms with Crippen LogP contribution in [0.1, 0.15) is 25.1 Å². The summed E-state index contributed by atoms with van der Waals surface area (Å²) in [5.41, 5.74) is 0.897. The molecule has 24 heavy (non-hydrogen) atoms. The second-order valence-electron chi connectivity index (χ2n) is 5.89. The highest BCUT2D eigenvalue weighted by Gasteiger charge is 2.18. The lowest BCUT2D eigenvalue weighted by Gasteiger charge is -2.26. The lowest BCUT2D eigenvalue weighted by Crippen LogP contribution is -2.30. The fraction of sp³-hybridized carbons (Fsp3) is 0.529. The molecule has 0 N–H and O–H groups in total. The number of methoxy groups -OCH3 is 1. The first kappa shape index (κ1) is 17.4. The maximum atomic E-state index is 13.3. The molecule has 2 heterocycles. The predicted molar refractivity (Wildman–Crippen MR) is 93.0 cm³/mol. The van der Waals surface area contributed by atoms with Crippen LogP contribution in [0.2, 0.25) is 0 Å². The highest BCUT2D eigenvalue weighted by Crippen LogP contribution is 2.23. The molecule has 0 atom stereocenters. The van der Waals surface area contributed by atoms with Gasteiger partial charge in [0.25, 0.3) is 0 Å². The van der Waals surface area contributed by atoms with Crippen molar-refractivity contribution in [3.8, 4) is 5.69 Å². The molecule has 0 bridgehead atoms. The zero-order chi connectivity index (χ0) is 16.8.